The summed E-state index contributed by atoms with van der Waals surface area (Å²) in [4.78, 5) is 8.74. The Morgan fingerprint density at radius 3 is 2.54 bits per heavy atom. The number of benzene rings is 1. The molecule has 1 saturated carbocycles. The molecule has 3 aromatic rings. The second kappa shape index (κ2) is 7.47. The highest BCUT2D eigenvalue weighted by molar-refractivity contribution is 5.85. The van der Waals surface area contributed by atoms with E-state index in [0.717, 1.165) is 36.3 Å². The second-order valence-electron chi connectivity index (χ2n) is 6.37. The minimum atomic E-state index is -0.397. The number of methoxy groups -OCH3 is 1. The Hall–Kier alpha value is -2.38. The third-order valence-electron chi connectivity index (χ3n) is 4.64. The van der Waals surface area contributed by atoms with Gasteiger partial charge in [0.1, 0.15) is 5.75 Å². The van der Waals surface area contributed by atoms with Crippen LogP contribution in [0.1, 0.15) is 36.9 Å². The summed E-state index contributed by atoms with van der Waals surface area (Å²) >= 11 is 0. The lowest BCUT2D eigenvalue weighted by atomic mass is 9.77. The van der Waals surface area contributed by atoms with Gasteiger partial charge in [-0.1, -0.05) is 5.16 Å². The normalized spacial score (nSPS) is 15.2. The molecule has 1 aliphatic carbocycles. The quantitative estimate of drug-likeness (QED) is 0.704. The summed E-state index contributed by atoms with van der Waals surface area (Å²) < 4.78 is 16.3. The number of aromatic nitrogens is 3. The van der Waals surface area contributed by atoms with E-state index >= 15 is 0 Å². The van der Waals surface area contributed by atoms with E-state index in [4.69, 9.17) is 19.4 Å². The molecule has 1 aromatic carbocycles. The van der Waals surface area contributed by atoms with Gasteiger partial charge in [0.15, 0.2) is 17.5 Å². The lowest BCUT2D eigenvalue weighted by molar-refractivity contribution is 0.229. The molecule has 0 saturated heterocycles. The first kappa shape index (κ1) is 18.4. The molecule has 2 heterocycles. The molecular formula is C18H21ClN4O3. The summed E-state index contributed by atoms with van der Waals surface area (Å²) in [5.41, 5.74) is 6.77. The van der Waals surface area contributed by atoms with Gasteiger partial charge >= 0.3 is 0 Å². The van der Waals surface area contributed by atoms with Crippen molar-refractivity contribution in [3.8, 4) is 17.1 Å². The van der Waals surface area contributed by atoms with Crippen LogP contribution in [0.25, 0.3) is 11.3 Å². The van der Waals surface area contributed by atoms with Crippen LogP contribution in [0.2, 0.25) is 0 Å². The van der Waals surface area contributed by atoms with E-state index in [0.29, 0.717) is 30.4 Å². The molecule has 4 rings (SSSR count). The molecule has 0 amide bonds. The first-order chi connectivity index (χ1) is 12.2. The van der Waals surface area contributed by atoms with Crippen molar-refractivity contribution < 1.29 is 13.7 Å². The van der Waals surface area contributed by atoms with Gasteiger partial charge in [0.25, 0.3) is 0 Å². The molecule has 2 N–H and O–H groups in total. The highest BCUT2D eigenvalue weighted by Crippen LogP contribution is 2.36. The fraction of sp³-hybridized carbons (Fsp3) is 0.389. The summed E-state index contributed by atoms with van der Waals surface area (Å²) in [6.07, 6.45) is 5.83. The molecule has 1 aliphatic rings. The topological polar surface area (TPSA) is 100 Å². The minimum absolute atomic E-state index is 0. The number of hydrogen-bond acceptors (Lipinski definition) is 7. The number of oxazole rings is 1. The van der Waals surface area contributed by atoms with Crippen molar-refractivity contribution in [2.45, 2.75) is 37.6 Å². The zero-order valence-electron chi connectivity index (χ0n) is 14.5. The number of halogens is 1. The molecule has 2 aromatic heterocycles. The van der Waals surface area contributed by atoms with Crippen LogP contribution < -0.4 is 10.5 Å². The Labute approximate surface area is 157 Å². The van der Waals surface area contributed by atoms with Gasteiger partial charge in [0.2, 0.25) is 5.89 Å². The average Bonchev–Trinajstić information content (AvgIpc) is 3.27. The van der Waals surface area contributed by atoms with Crippen molar-refractivity contribution in [2.75, 3.05) is 7.11 Å². The largest absolute Gasteiger partial charge is 0.497 e. The Morgan fingerprint density at radius 2 is 1.88 bits per heavy atom. The van der Waals surface area contributed by atoms with Crippen LogP contribution >= 0.6 is 12.4 Å². The van der Waals surface area contributed by atoms with Crippen LogP contribution in [0.4, 0.5) is 0 Å². The smallest absolute Gasteiger partial charge is 0.227 e. The maximum Gasteiger partial charge on any atom is 0.227 e. The molecule has 7 nitrogen and oxygen atoms in total. The standard InChI is InChI=1S/C18H20N4O3.ClH/c1-23-13-5-3-12(4-6-13)14-11-20-15(24-14)7-8-16-21-17(22-25-16)18(19)9-2-10-18;/h3-6,11H,2,7-10,19H2,1H3;1H. The monoisotopic (exact) mass is 376 g/mol. The zero-order valence-corrected chi connectivity index (χ0v) is 15.3. The van der Waals surface area contributed by atoms with Crippen LogP contribution in [0, 0.1) is 0 Å². The van der Waals surface area contributed by atoms with Gasteiger partial charge in [-0.25, -0.2) is 4.98 Å². The zero-order chi connectivity index (χ0) is 17.3. The van der Waals surface area contributed by atoms with Crippen LogP contribution in [-0.2, 0) is 18.4 Å². The highest BCUT2D eigenvalue weighted by Gasteiger charge is 2.38. The Kier molecular flexibility index (Phi) is 5.29. The molecule has 0 radical (unpaired) electrons. The number of nitrogens with two attached hydrogens (primary N) is 1. The van der Waals surface area contributed by atoms with Crippen LogP contribution in [0.3, 0.4) is 0 Å². The van der Waals surface area contributed by atoms with Gasteiger partial charge in [0, 0.05) is 18.4 Å². The van der Waals surface area contributed by atoms with Crippen LogP contribution in [0.15, 0.2) is 39.4 Å². The lowest BCUT2D eigenvalue weighted by Gasteiger charge is -2.34. The summed E-state index contributed by atoms with van der Waals surface area (Å²) in [6, 6.07) is 7.65. The second-order valence-corrected chi connectivity index (χ2v) is 6.37. The van der Waals surface area contributed by atoms with Crippen molar-refractivity contribution >= 4 is 12.4 Å². The van der Waals surface area contributed by atoms with Crippen molar-refractivity contribution in [3.05, 3.63) is 48.1 Å². The van der Waals surface area contributed by atoms with Crippen molar-refractivity contribution in [3.63, 3.8) is 0 Å². The molecule has 0 aliphatic heterocycles. The first-order valence-corrected chi connectivity index (χ1v) is 8.37. The van der Waals surface area contributed by atoms with E-state index in [1.54, 1.807) is 13.3 Å². The number of rotatable bonds is 6. The average molecular weight is 377 g/mol. The predicted octanol–water partition coefficient (Wildman–Crippen LogP) is 3.28. The van der Waals surface area contributed by atoms with Crippen LogP contribution in [-0.4, -0.2) is 22.2 Å². The maximum atomic E-state index is 6.21. The Balaban J connectivity index is 0.00000196. The van der Waals surface area contributed by atoms with E-state index in [-0.39, 0.29) is 12.4 Å². The van der Waals surface area contributed by atoms with E-state index in [2.05, 4.69) is 15.1 Å². The third kappa shape index (κ3) is 3.59. The van der Waals surface area contributed by atoms with Crippen molar-refractivity contribution in [1.29, 1.82) is 0 Å². The van der Waals surface area contributed by atoms with Gasteiger partial charge in [0.05, 0.1) is 18.8 Å². The minimum Gasteiger partial charge on any atom is -0.497 e. The molecule has 138 valence electrons. The molecule has 0 unspecified atom stereocenters. The van der Waals surface area contributed by atoms with Gasteiger partial charge in [-0.05, 0) is 43.5 Å². The van der Waals surface area contributed by atoms with Crippen molar-refractivity contribution in [1.82, 2.24) is 15.1 Å². The van der Waals surface area contributed by atoms with Gasteiger partial charge in [-0.15, -0.1) is 12.4 Å². The van der Waals surface area contributed by atoms with Crippen LogP contribution in [0.5, 0.6) is 5.75 Å². The molecule has 1 fully saturated rings. The number of aryl methyl sites for hydroxylation is 2. The highest BCUT2D eigenvalue weighted by atomic mass is 35.5. The predicted molar refractivity (Wildman–Crippen MR) is 97.2 cm³/mol. The molecule has 26 heavy (non-hydrogen) atoms. The summed E-state index contributed by atoms with van der Waals surface area (Å²) in [5, 5.41) is 4.02. The molecule has 0 bridgehead atoms. The lowest BCUT2D eigenvalue weighted by Crippen LogP contribution is -2.44. The van der Waals surface area contributed by atoms with Crippen molar-refractivity contribution in [2.24, 2.45) is 5.73 Å². The Bertz CT molecular complexity index is 855. The van der Waals surface area contributed by atoms with E-state index < -0.39 is 5.54 Å². The maximum absolute atomic E-state index is 6.21. The summed E-state index contributed by atoms with van der Waals surface area (Å²) in [5.74, 6) is 3.34. The van der Waals surface area contributed by atoms with Gasteiger partial charge in [-0.3, -0.25) is 0 Å². The van der Waals surface area contributed by atoms with E-state index in [1.165, 1.54) is 0 Å². The fourth-order valence-electron chi connectivity index (χ4n) is 2.87. The summed E-state index contributed by atoms with van der Waals surface area (Å²) in [6.45, 7) is 0. The van der Waals surface area contributed by atoms with E-state index in [1.807, 2.05) is 24.3 Å². The molecule has 8 heteroatoms. The third-order valence-corrected chi connectivity index (χ3v) is 4.64. The number of nitrogens with zero attached hydrogens (tertiary/aromatic N) is 3. The molecule has 0 atom stereocenters. The number of ether oxygens (including phenoxy) is 1. The summed E-state index contributed by atoms with van der Waals surface area (Å²) in [7, 11) is 1.64. The van der Waals surface area contributed by atoms with Gasteiger partial charge < -0.3 is 19.4 Å². The molecular weight excluding hydrogens is 356 g/mol. The fourth-order valence-corrected chi connectivity index (χ4v) is 2.87. The van der Waals surface area contributed by atoms with E-state index in [9.17, 15) is 0 Å². The Morgan fingerprint density at radius 1 is 1.15 bits per heavy atom. The number of hydrogen-bond donors (Lipinski definition) is 1. The first-order valence-electron chi connectivity index (χ1n) is 8.37. The SMILES string of the molecule is COc1ccc(-c2cnc(CCc3nc(C4(N)CCC4)no3)o2)cc1.Cl. The van der Waals surface area contributed by atoms with Gasteiger partial charge in [-0.2, -0.15) is 4.98 Å². The molecule has 0 spiro atoms.